The molecule has 0 aliphatic carbocycles. The molecule has 1 unspecified atom stereocenters. The number of hydrogen-bond donors (Lipinski definition) is 2. The Kier molecular flexibility index (Phi) is 5.48. The van der Waals surface area contributed by atoms with Gasteiger partial charge in [0.15, 0.2) is 0 Å². The molecular weight excluding hydrogens is 288 g/mol. The van der Waals surface area contributed by atoms with E-state index in [9.17, 15) is 13.2 Å². The summed E-state index contributed by atoms with van der Waals surface area (Å²) in [7, 11) is -3.77. The van der Waals surface area contributed by atoms with E-state index in [-0.39, 0.29) is 16.2 Å². The van der Waals surface area contributed by atoms with Gasteiger partial charge in [0, 0.05) is 18.0 Å². The molecule has 19 heavy (non-hydrogen) atoms. The number of thiophene rings is 1. The summed E-state index contributed by atoms with van der Waals surface area (Å²) in [6.45, 7) is 6.24. The third-order valence-electron chi connectivity index (χ3n) is 2.45. The van der Waals surface area contributed by atoms with E-state index in [4.69, 9.17) is 9.88 Å². The van der Waals surface area contributed by atoms with Gasteiger partial charge in [0.05, 0.1) is 12.2 Å². The SMILES string of the molecule is CCOCC(C)NC(=O)c1csc(S(N)(=O)=O)c1C. The van der Waals surface area contributed by atoms with Crippen molar-refractivity contribution in [1.29, 1.82) is 0 Å². The first-order chi connectivity index (χ1) is 8.77. The predicted molar refractivity (Wildman–Crippen MR) is 73.9 cm³/mol. The molecular formula is C11H18N2O4S2. The Morgan fingerprint density at radius 3 is 2.68 bits per heavy atom. The standard InChI is InChI=1S/C11H18N2O4S2/c1-4-17-5-7(2)13-10(14)9-6-18-11(8(9)3)19(12,15)16/h6-7H,4-5H2,1-3H3,(H,13,14)(H2,12,15,16). The van der Waals surface area contributed by atoms with Gasteiger partial charge in [-0.15, -0.1) is 11.3 Å². The molecule has 0 fully saturated rings. The van der Waals surface area contributed by atoms with Gasteiger partial charge in [-0.1, -0.05) is 0 Å². The van der Waals surface area contributed by atoms with Crippen LogP contribution in [-0.4, -0.2) is 33.6 Å². The molecule has 0 aliphatic rings. The van der Waals surface area contributed by atoms with Gasteiger partial charge in [0.25, 0.3) is 5.91 Å². The van der Waals surface area contributed by atoms with E-state index in [1.165, 1.54) is 5.38 Å². The number of nitrogens with one attached hydrogen (secondary N) is 1. The second kappa shape index (κ2) is 6.47. The zero-order valence-electron chi connectivity index (χ0n) is 11.1. The van der Waals surface area contributed by atoms with E-state index < -0.39 is 10.0 Å². The lowest BCUT2D eigenvalue weighted by Crippen LogP contribution is -2.36. The van der Waals surface area contributed by atoms with Crippen LogP contribution in [0.1, 0.15) is 29.8 Å². The summed E-state index contributed by atoms with van der Waals surface area (Å²) in [5.41, 5.74) is 0.714. The maximum atomic E-state index is 12.0. The van der Waals surface area contributed by atoms with Crippen molar-refractivity contribution in [3.8, 4) is 0 Å². The van der Waals surface area contributed by atoms with E-state index in [2.05, 4.69) is 5.32 Å². The van der Waals surface area contributed by atoms with Crippen molar-refractivity contribution in [2.24, 2.45) is 5.14 Å². The van der Waals surface area contributed by atoms with Gasteiger partial charge in [-0.25, -0.2) is 13.6 Å². The largest absolute Gasteiger partial charge is 0.380 e. The van der Waals surface area contributed by atoms with Crippen LogP contribution in [0.4, 0.5) is 0 Å². The van der Waals surface area contributed by atoms with Crippen LogP contribution in [-0.2, 0) is 14.8 Å². The molecule has 0 saturated heterocycles. The van der Waals surface area contributed by atoms with Crippen LogP contribution >= 0.6 is 11.3 Å². The molecule has 1 amide bonds. The summed E-state index contributed by atoms with van der Waals surface area (Å²) in [5.74, 6) is -0.323. The molecule has 8 heteroatoms. The third kappa shape index (κ3) is 4.27. The minimum absolute atomic E-state index is 0.0233. The average Bonchev–Trinajstić information content (AvgIpc) is 2.68. The summed E-state index contributed by atoms with van der Waals surface area (Å²) in [6, 6.07) is -0.148. The Hall–Kier alpha value is -0.960. The van der Waals surface area contributed by atoms with Crippen molar-refractivity contribution in [3.63, 3.8) is 0 Å². The second-order valence-electron chi connectivity index (χ2n) is 4.14. The van der Waals surface area contributed by atoms with E-state index >= 15 is 0 Å². The molecule has 0 radical (unpaired) electrons. The van der Waals surface area contributed by atoms with Crippen LogP contribution in [0, 0.1) is 6.92 Å². The number of hydrogen-bond acceptors (Lipinski definition) is 5. The van der Waals surface area contributed by atoms with Crippen molar-refractivity contribution in [2.75, 3.05) is 13.2 Å². The van der Waals surface area contributed by atoms with Crippen LogP contribution in [0.25, 0.3) is 0 Å². The van der Waals surface area contributed by atoms with Gasteiger partial charge >= 0.3 is 0 Å². The Bertz CT molecular complexity index is 551. The van der Waals surface area contributed by atoms with Crippen LogP contribution in [0.5, 0.6) is 0 Å². The first kappa shape index (κ1) is 16.1. The number of ether oxygens (including phenoxy) is 1. The summed E-state index contributed by atoms with van der Waals surface area (Å²) >= 11 is 0.951. The highest BCUT2D eigenvalue weighted by molar-refractivity contribution is 7.91. The number of primary sulfonamides is 1. The van der Waals surface area contributed by atoms with Gasteiger partial charge in [0.2, 0.25) is 10.0 Å². The predicted octanol–water partition coefficient (Wildman–Crippen LogP) is 0.859. The molecule has 0 bridgehead atoms. The molecule has 1 aromatic heterocycles. The van der Waals surface area contributed by atoms with E-state index in [1.54, 1.807) is 6.92 Å². The van der Waals surface area contributed by atoms with E-state index in [0.29, 0.717) is 24.3 Å². The van der Waals surface area contributed by atoms with Crippen LogP contribution in [0.3, 0.4) is 0 Å². The highest BCUT2D eigenvalue weighted by Gasteiger charge is 2.21. The summed E-state index contributed by atoms with van der Waals surface area (Å²) in [4.78, 5) is 12.0. The lowest BCUT2D eigenvalue weighted by molar-refractivity contribution is 0.0871. The lowest BCUT2D eigenvalue weighted by Gasteiger charge is -2.13. The highest BCUT2D eigenvalue weighted by Crippen LogP contribution is 2.25. The molecule has 108 valence electrons. The van der Waals surface area contributed by atoms with Crippen LogP contribution < -0.4 is 10.5 Å². The highest BCUT2D eigenvalue weighted by atomic mass is 32.2. The van der Waals surface area contributed by atoms with Crippen LogP contribution in [0.2, 0.25) is 0 Å². The molecule has 6 nitrogen and oxygen atoms in total. The van der Waals surface area contributed by atoms with Gasteiger partial charge in [-0.3, -0.25) is 4.79 Å². The number of nitrogens with two attached hydrogens (primary N) is 1. The zero-order valence-corrected chi connectivity index (χ0v) is 12.7. The number of carbonyl (C=O) groups excluding carboxylic acids is 1. The number of sulfonamides is 1. The molecule has 0 aliphatic heterocycles. The Morgan fingerprint density at radius 2 is 2.21 bits per heavy atom. The maximum Gasteiger partial charge on any atom is 0.252 e. The maximum absolute atomic E-state index is 12.0. The molecule has 3 N–H and O–H groups in total. The lowest BCUT2D eigenvalue weighted by atomic mass is 10.2. The first-order valence-electron chi connectivity index (χ1n) is 5.76. The monoisotopic (exact) mass is 306 g/mol. The van der Waals surface area contributed by atoms with Crippen LogP contribution in [0.15, 0.2) is 9.59 Å². The topological polar surface area (TPSA) is 98.5 Å². The minimum Gasteiger partial charge on any atom is -0.380 e. The quantitative estimate of drug-likeness (QED) is 0.814. The third-order valence-corrected chi connectivity index (χ3v) is 5.13. The first-order valence-corrected chi connectivity index (χ1v) is 8.19. The summed E-state index contributed by atoms with van der Waals surface area (Å²) in [5, 5.41) is 9.31. The van der Waals surface area contributed by atoms with Gasteiger partial charge < -0.3 is 10.1 Å². The fraction of sp³-hybridized carbons (Fsp3) is 0.545. The van der Waals surface area contributed by atoms with Crippen molar-refractivity contribution < 1.29 is 17.9 Å². The fourth-order valence-electron chi connectivity index (χ4n) is 1.54. The van der Waals surface area contributed by atoms with Gasteiger partial charge in [0.1, 0.15) is 4.21 Å². The van der Waals surface area contributed by atoms with Gasteiger partial charge in [-0.2, -0.15) is 0 Å². The smallest absolute Gasteiger partial charge is 0.252 e. The fourth-order valence-corrected chi connectivity index (χ4v) is 3.55. The minimum atomic E-state index is -3.77. The van der Waals surface area contributed by atoms with E-state index in [0.717, 1.165) is 11.3 Å². The molecule has 1 rings (SSSR count). The van der Waals surface area contributed by atoms with Crippen molar-refractivity contribution in [1.82, 2.24) is 5.32 Å². The van der Waals surface area contributed by atoms with E-state index in [1.807, 2.05) is 13.8 Å². The molecule has 0 aromatic carbocycles. The Morgan fingerprint density at radius 1 is 1.58 bits per heavy atom. The van der Waals surface area contributed by atoms with Crippen molar-refractivity contribution >= 4 is 27.3 Å². The molecule has 1 aromatic rings. The Balaban J connectivity index is 2.82. The molecule has 0 spiro atoms. The second-order valence-corrected chi connectivity index (χ2v) is 6.78. The average molecular weight is 306 g/mol. The number of carbonyl (C=O) groups is 1. The van der Waals surface area contributed by atoms with Crippen molar-refractivity contribution in [2.45, 2.75) is 31.0 Å². The van der Waals surface area contributed by atoms with Crippen molar-refractivity contribution in [3.05, 3.63) is 16.5 Å². The Labute approximate surface area is 117 Å². The number of amides is 1. The molecule has 1 heterocycles. The van der Waals surface area contributed by atoms with Gasteiger partial charge in [-0.05, 0) is 26.3 Å². The summed E-state index contributed by atoms with van der Waals surface area (Å²) < 4.78 is 27.8. The zero-order chi connectivity index (χ0) is 14.6. The molecule has 1 atom stereocenters. The number of rotatable bonds is 6. The molecule has 0 saturated carbocycles. The summed E-state index contributed by atoms with van der Waals surface area (Å²) in [6.07, 6.45) is 0. The normalized spacial score (nSPS) is 13.3.